The number of hydrogen-bond donors (Lipinski definition) is 1. The third-order valence-electron chi connectivity index (χ3n) is 1.96. The third kappa shape index (κ3) is 6.30. The van der Waals surface area contributed by atoms with Crippen molar-refractivity contribution in [3.63, 3.8) is 0 Å². The van der Waals surface area contributed by atoms with E-state index in [1.807, 2.05) is 14.0 Å². The number of nitrogens with one attached hydrogen (secondary N) is 1. The fraction of sp³-hybridized carbons (Fsp3) is 0.900. The zero-order valence-electron chi connectivity index (χ0n) is 10.2. The molecule has 1 N–H and O–H groups in total. The van der Waals surface area contributed by atoms with Gasteiger partial charge in [0, 0.05) is 40.9 Å². The maximum Gasteiger partial charge on any atom is 0.193 e. The Morgan fingerprint density at radius 1 is 1.20 bits per heavy atom. The molecule has 0 saturated carbocycles. The third-order valence-corrected chi connectivity index (χ3v) is 1.96. The molecule has 15 heavy (non-hydrogen) atoms. The molecule has 0 aliphatic heterocycles. The predicted molar refractivity (Wildman–Crippen MR) is 62.4 cm³/mol. The van der Waals surface area contributed by atoms with Crippen molar-refractivity contribution < 1.29 is 9.47 Å². The fourth-order valence-electron chi connectivity index (χ4n) is 1.21. The number of ether oxygens (including phenoxy) is 2. The van der Waals surface area contributed by atoms with Gasteiger partial charge in [0.25, 0.3) is 0 Å². The van der Waals surface area contributed by atoms with Gasteiger partial charge in [-0.15, -0.1) is 0 Å². The number of hydrogen-bond acceptors (Lipinski definition) is 3. The Morgan fingerprint density at radius 3 is 2.07 bits per heavy atom. The van der Waals surface area contributed by atoms with Gasteiger partial charge in [-0.3, -0.25) is 4.99 Å². The number of rotatable bonds is 7. The minimum atomic E-state index is 0.689. The lowest BCUT2D eigenvalue weighted by Gasteiger charge is -2.25. The number of guanidine groups is 1. The van der Waals surface area contributed by atoms with Crippen molar-refractivity contribution in [1.29, 1.82) is 0 Å². The van der Waals surface area contributed by atoms with Gasteiger partial charge in [-0.2, -0.15) is 0 Å². The Hall–Kier alpha value is -0.810. The molecule has 5 nitrogen and oxygen atoms in total. The lowest BCUT2D eigenvalue weighted by atomic mass is 10.5. The molecule has 0 aromatic carbocycles. The number of aliphatic imine (C=N–C) groups is 1. The van der Waals surface area contributed by atoms with Crippen LogP contribution in [0.1, 0.15) is 6.92 Å². The standard InChI is InChI=1S/C10H23N3O2/c1-5-12-10(11-2)13(6-8-14-3)7-9-15-4/h5-9H2,1-4H3,(H,11,12). The lowest BCUT2D eigenvalue weighted by molar-refractivity contribution is 0.145. The van der Waals surface area contributed by atoms with Crippen molar-refractivity contribution in [2.24, 2.45) is 4.99 Å². The topological polar surface area (TPSA) is 46.1 Å². The lowest BCUT2D eigenvalue weighted by Crippen LogP contribution is -2.43. The second kappa shape index (κ2) is 9.73. The Bertz CT molecular complexity index is 166. The summed E-state index contributed by atoms with van der Waals surface area (Å²) in [4.78, 5) is 6.49. The predicted octanol–water partition coefficient (Wildman–Crippen LogP) is 0.177. The van der Waals surface area contributed by atoms with Gasteiger partial charge in [0.05, 0.1) is 13.2 Å². The van der Waals surface area contributed by atoms with Crippen LogP contribution in [0.5, 0.6) is 0 Å². The van der Waals surface area contributed by atoms with Crippen LogP contribution in [0.2, 0.25) is 0 Å². The minimum absolute atomic E-state index is 0.689. The summed E-state index contributed by atoms with van der Waals surface area (Å²) in [5.74, 6) is 0.895. The van der Waals surface area contributed by atoms with E-state index < -0.39 is 0 Å². The first-order valence-electron chi connectivity index (χ1n) is 5.25. The summed E-state index contributed by atoms with van der Waals surface area (Å²) < 4.78 is 10.1. The quantitative estimate of drug-likeness (QED) is 0.488. The van der Waals surface area contributed by atoms with E-state index in [4.69, 9.17) is 9.47 Å². The average Bonchev–Trinajstić information content (AvgIpc) is 2.27. The molecule has 0 aliphatic carbocycles. The van der Waals surface area contributed by atoms with Crippen molar-refractivity contribution in [2.75, 3.05) is 54.1 Å². The number of methoxy groups -OCH3 is 2. The van der Waals surface area contributed by atoms with E-state index in [1.165, 1.54) is 0 Å². The van der Waals surface area contributed by atoms with Gasteiger partial charge < -0.3 is 19.7 Å². The molecule has 0 aromatic heterocycles. The maximum atomic E-state index is 5.06. The summed E-state index contributed by atoms with van der Waals surface area (Å²) in [6.45, 7) is 5.80. The molecule has 90 valence electrons. The molecular weight excluding hydrogens is 194 g/mol. The highest BCUT2D eigenvalue weighted by Gasteiger charge is 2.08. The molecular formula is C10H23N3O2. The van der Waals surface area contributed by atoms with E-state index in [-0.39, 0.29) is 0 Å². The molecule has 0 radical (unpaired) electrons. The minimum Gasteiger partial charge on any atom is -0.383 e. The highest BCUT2D eigenvalue weighted by Crippen LogP contribution is 1.91. The molecule has 0 aliphatic rings. The second-order valence-corrected chi connectivity index (χ2v) is 3.02. The average molecular weight is 217 g/mol. The normalized spacial score (nSPS) is 11.6. The summed E-state index contributed by atoms with van der Waals surface area (Å²) in [6, 6.07) is 0. The molecule has 5 heteroatoms. The van der Waals surface area contributed by atoms with Gasteiger partial charge in [-0.05, 0) is 6.92 Å². The molecule has 0 unspecified atom stereocenters. The molecule has 0 aromatic rings. The molecule has 0 heterocycles. The first-order chi connectivity index (χ1) is 7.29. The molecule has 0 spiro atoms. The van der Waals surface area contributed by atoms with Crippen molar-refractivity contribution in [3.8, 4) is 0 Å². The Labute approximate surface area is 92.5 Å². The van der Waals surface area contributed by atoms with E-state index in [0.29, 0.717) is 13.2 Å². The molecule has 0 saturated heterocycles. The van der Waals surface area contributed by atoms with Crippen LogP contribution >= 0.6 is 0 Å². The van der Waals surface area contributed by atoms with Gasteiger partial charge in [0.15, 0.2) is 5.96 Å². The van der Waals surface area contributed by atoms with Crippen molar-refractivity contribution in [1.82, 2.24) is 10.2 Å². The first kappa shape index (κ1) is 14.2. The smallest absolute Gasteiger partial charge is 0.193 e. The summed E-state index contributed by atoms with van der Waals surface area (Å²) in [5.41, 5.74) is 0. The first-order valence-corrected chi connectivity index (χ1v) is 5.25. The molecule has 0 amide bonds. The SMILES string of the molecule is CC/N=C(\NC)N(CCOC)CCOC. The zero-order chi connectivity index (χ0) is 11.5. The summed E-state index contributed by atoms with van der Waals surface area (Å²) in [6.07, 6.45) is 0. The van der Waals surface area contributed by atoms with Crippen molar-refractivity contribution >= 4 is 5.96 Å². The largest absolute Gasteiger partial charge is 0.383 e. The van der Waals surface area contributed by atoms with E-state index in [9.17, 15) is 0 Å². The van der Waals surface area contributed by atoms with Gasteiger partial charge in [0.1, 0.15) is 0 Å². The Morgan fingerprint density at radius 2 is 1.73 bits per heavy atom. The van der Waals surface area contributed by atoms with E-state index in [0.717, 1.165) is 25.6 Å². The molecule has 0 bridgehead atoms. The van der Waals surface area contributed by atoms with Crippen LogP contribution in [0.25, 0.3) is 0 Å². The monoisotopic (exact) mass is 217 g/mol. The van der Waals surface area contributed by atoms with E-state index >= 15 is 0 Å². The van der Waals surface area contributed by atoms with Crippen LogP contribution in [0.15, 0.2) is 4.99 Å². The van der Waals surface area contributed by atoms with Crippen LogP contribution < -0.4 is 5.32 Å². The van der Waals surface area contributed by atoms with Crippen LogP contribution in [0.4, 0.5) is 0 Å². The highest BCUT2D eigenvalue weighted by molar-refractivity contribution is 5.79. The molecule has 0 rings (SSSR count). The van der Waals surface area contributed by atoms with Crippen LogP contribution in [0.3, 0.4) is 0 Å². The van der Waals surface area contributed by atoms with Crippen LogP contribution in [-0.2, 0) is 9.47 Å². The molecule has 0 fully saturated rings. The Kier molecular flexibility index (Phi) is 9.21. The number of nitrogens with zero attached hydrogens (tertiary/aromatic N) is 2. The van der Waals surface area contributed by atoms with Crippen molar-refractivity contribution in [3.05, 3.63) is 0 Å². The van der Waals surface area contributed by atoms with Gasteiger partial charge >= 0.3 is 0 Å². The van der Waals surface area contributed by atoms with Crippen LogP contribution in [0, 0.1) is 0 Å². The van der Waals surface area contributed by atoms with Crippen LogP contribution in [-0.4, -0.2) is 65.0 Å². The van der Waals surface area contributed by atoms with Gasteiger partial charge in [-0.1, -0.05) is 0 Å². The van der Waals surface area contributed by atoms with Crippen molar-refractivity contribution in [2.45, 2.75) is 6.92 Å². The molecule has 0 atom stereocenters. The second-order valence-electron chi connectivity index (χ2n) is 3.02. The van der Waals surface area contributed by atoms with E-state index in [1.54, 1.807) is 14.2 Å². The highest BCUT2D eigenvalue weighted by atomic mass is 16.5. The van der Waals surface area contributed by atoms with Gasteiger partial charge in [-0.25, -0.2) is 0 Å². The maximum absolute atomic E-state index is 5.06. The van der Waals surface area contributed by atoms with Gasteiger partial charge in [0.2, 0.25) is 0 Å². The zero-order valence-corrected chi connectivity index (χ0v) is 10.2. The van der Waals surface area contributed by atoms with E-state index in [2.05, 4.69) is 15.2 Å². The Balaban J connectivity index is 4.22. The summed E-state index contributed by atoms with van der Waals surface area (Å²) >= 11 is 0. The summed E-state index contributed by atoms with van der Waals surface area (Å²) in [5, 5.41) is 3.09. The summed E-state index contributed by atoms with van der Waals surface area (Å²) in [7, 11) is 5.27. The fourth-order valence-corrected chi connectivity index (χ4v) is 1.21.